The number of nitrogens with zero attached hydrogens (tertiary/aromatic N) is 1. The van der Waals surface area contributed by atoms with E-state index in [4.69, 9.17) is 10.8 Å². The Kier molecular flexibility index (Phi) is 4.61. The molecular weight excluding hydrogens is 256 g/mol. The number of hydrogen-bond donors (Lipinski definition) is 2. The third-order valence-electron chi connectivity index (χ3n) is 3.64. The lowest BCUT2D eigenvalue weighted by molar-refractivity contribution is -0.140. The van der Waals surface area contributed by atoms with Crippen molar-refractivity contribution in [3.63, 3.8) is 0 Å². The lowest BCUT2D eigenvalue weighted by atomic mass is 9.94. The number of aliphatic carboxylic acids is 1. The van der Waals surface area contributed by atoms with Gasteiger partial charge in [-0.15, -0.1) is 0 Å². The van der Waals surface area contributed by atoms with Crippen molar-refractivity contribution < 1.29 is 14.7 Å². The first kappa shape index (κ1) is 14.4. The smallest absolute Gasteiger partial charge is 0.303 e. The molecule has 1 aliphatic rings. The number of carbonyl (C=O) groups is 2. The number of nitrogen functional groups attached to an aromatic ring is 1. The van der Waals surface area contributed by atoms with Gasteiger partial charge in [0.1, 0.15) is 0 Å². The maximum atomic E-state index is 12.2. The minimum Gasteiger partial charge on any atom is -0.481 e. The van der Waals surface area contributed by atoms with E-state index in [1.807, 2.05) is 12.1 Å². The van der Waals surface area contributed by atoms with Crippen LogP contribution in [0.4, 0.5) is 5.69 Å². The van der Waals surface area contributed by atoms with Crippen LogP contribution in [0, 0.1) is 5.92 Å². The molecule has 0 spiro atoms. The second kappa shape index (κ2) is 6.41. The molecule has 5 nitrogen and oxygen atoms in total. The summed E-state index contributed by atoms with van der Waals surface area (Å²) < 4.78 is 0. The molecule has 1 atom stereocenters. The molecule has 0 aliphatic carbocycles. The molecule has 0 radical (unpaired) electrons. The minimum atomic E-state index is -0.792. The summed E-state index contributed by atoms with van der Waals surface area (Å²) in [5.74, 6) is -0.670. The highest BCUT2D eigenvalue weighted by atomic mass is 16.4. The monoisotopic (exact) mass is 276 g/mol. The van der Waals surface area contributed by atoms with Crippen molar-refractivity contribution in [1.82, 2.24) is 4.90 Å². The third-order valence-corrected chi connectivity index (χ3v) is 3.64. The maximum absolute atomic E-state index is 12.2. The summed E-state index contributed by atoms with van der Waals surface area (Å²) in [4.78, 5) is 24.8. The Morgan fingerprint density at radius 2 is 2.20 bits per heavy atom. The van der Waals surface area contributed by atoms with Crippen LogP contribution in [0.5, 0.6) is 0 Å². The van der Waals surface area contributed by atoms with Gasteiger partial charge < -0.3 is 15.7 Å². The number of likely N-dealkylation sites (tertiary alicyclic amines) is 1. The van der Waals surface area contributed by atoms with Crippen LogP contribution < -0.4 is 5.73 Å². The van der Waals surface area contributed by atoms with Crippen molar-refractivity contribution in [2.75, 3.05) is 18.8 Å². The number of piperidine rings is 1. The van der Waals surface area contributed by atoms with Crippen LogP contribution in [0.25, 0.3) is 0 Å². The van der Waals surface area contributed by atoms with E-state index in [0.29, 0.717) is 18.7 Å². The van der Waals surface area contributed by atoms with Gasteiger partial charge in [0.15, 0.2) is 0 Å². The molecule has 1 saturated heterocycles. The van der Waals surface area contributed by atoms with Crippen LogP contribution in [0.1, 0.15) is 24.8 Å². The van der Waals surface area contributed by atoms with Crippen molar-refractivity contribution in [2.45, 2.75) is 25.7 Å². The quantitative estimate of drug-likeness (QED) is 0.817. The Morgan fingerprint density at radius 1 is 1.40 bits per heavy atom. The molecule has 20 heavy (non-hydrogen) atoms. The summed E-state index contributed by atoms with van der Waals surface area (Å²) in [7, 11) is 0. The SMILES string of the molecule is Nc1cccc(CC(=O)N2CCC[C@@H](CC(=O)O)C2)c1. The Morgan fingerprint density at radius 3 is 2.90 bits per heavy atom. The molecule has 108 valence electrons. The van der Waals surface area contributed by atoms with Gasteiger partial charge in [-0.2, -0.15) is 0 Å². The zero-order valence-corrected chi connectivity index (χ0v) is 11.4. The molecular formula is C15H20N2O3. The molecule has 0 saturated carbocycles. The number of anilines is 1. The Labute approximate surface area is 118 Å². The Bertz CT molecular complexity index is 502. The second-order valence-electron chi connectivity index (χ2n) is 5.37. The van der Waals surface area contributed by atoms with Crippen molar-refractivity contribution in [1.29, 1.82) is 0 Å². The summed E-state index contributed by atoms with van der Waals surface area (Å²) >= 11 is 0. The van der Waals surface area contributed by atoms with Gasteiger partial charge in [0.2, 0.25) is 5.91 Å². The van der Waals surface area contributed by atoms with Crippen molar-refractivity contribution in [3.05, 3.63) is 29.8 Å². The predicted molar refractivity (Wildman–Crippen MR) is 76.1 cm³/mol. The van der Waals surface area contributed by atoms with Crippen molar-refractivity contribution in [2.24, 2.45) is 5.92 Å². The molecule has 1 amide bonds. The van der Waals surface area contributed by atoms with Gasteiger partial charge in [-0.25, -0.2) is 0 Å². The van der Waals surface area contributed by atoms with E-state index in [2.05, 4.69) is 0 Å². The molecule has 1 aromatic rings. The van der Waals surface area contributed by atoms with Gasteiger partial charge >= 0.3 is 5.97 Å². The average molecular weight is 276 g/mol. The number of carboxylic acids is 1. The fourth-order valence-electron chi connectivity index (χ4n) is 2.69. The Hall–Kier alpha value is -2.04. The van der Waals surface area contributed by atoms with Gasteiger partial charge in [-0.3, -0.25) is 9.59 Å². The molecule has 0 aromatic heterocycles. The normalized spacial score (nSPS) is 18.8. The molecule has 5 heteroatoms. The van der Waals surface area contributed by atoms with Crippen LogP contribution in [-0.2, 0) is 16.0 Å². The fourth-order valence-corrected chi connectivity index (χ4v) is 2.69. The molecule has 1 heterocycles. The second-order valence-corrected chi connectivity index (χ2v) is 5.37. The van der Waals surface area contributed by atoms with Gasteiger partial charge in [-0.1, -0.05) is 12.1 Å². The number of nitrogens with two attached hydrogens (primary N) is 1. The van der Waals surface area contributed by atoms with E-state index < -0.39 is 5.97 Å². The fraction of sp³-hybridized carbons (Fsp3) is 0.467. The summed E-state index contributed by atoms with van der Waals surface area (Å²) in [6.45, 7) is 1.27. The van der Waals surface area contributed by atoms with Crippen LogP contribution in [0.3, 0.4) is 0 Å². The van der Waals surface area contributed by atoms with E-state index in [9.17, 15) is 9.59 Å². The van der Waals surface area contributed by atoms with E-state index in [0.717, 1.165) is 24.9 Å². The average Bonchev–Trinajstić information content (AvgIpc) is 2.38. The lowest BCUT2D eigenvalue weighted by Crippen LogP contribution is -2.41. The Balaban J connectivity index is 1.93. The molecule has 0 unspecified atom stereocenters. The van der Waals surface area contributed by atoms with E-state index >= 15 is 0 Å². The minimum absolute atomic E-state index is 0.0469. The van der Waals surface area contributed by atoms with E-state index in [1.165, 1.54) is 0 Å². The van der Waals surface area contributed by atoms with Crippen molar-refractivity contribution in [3.8, 4) is 0 Å². The lowest BCUT2D eigenvalue weighted by Gasteiger charge is -2.32. The highest BCUT2D eigenvalue weighted by molar-refractivity contribution is 5.79. The first-order valence-corrected chi connectivity index (χ1v) is 6.88. The zero-order valence-electron chi connectivity index (χ0n) is 11.4. The van der Waals surface area contributed by atoms with Crippen LogP contribution >= 0.6 is 0 Å². The van der Waals surface area contributed by atoms with Gasteiger partial charge in [0.05, 0.1) is 6.42 Å². The zero-order chi connectivity index (χ0) is 14.5. The molecule has 1 aromatic carbocycles. The predicted octanol–water partition coefficient (Wildman–Crippen LogP) is 1.52. The number of hydrogen-bond acceptors (Lipinski definition) is 3. The molecule has 1 fully saturated rings. The summed E-state index contributed by atoms with van der Waals surface area (Å²) in [6.07, 6.45) is 2.22. The van der Waals surface area contributed by atoms with Crippen LogP contribution in [-0.4, -0.2) is 35.0 Å². The molecule has 3 N–H and O–H groups in total. The number of carboxylic acid groups (broad SMARTS) is 1. The first-order chi connectivity index (χ1) is 9.54. The van der Waals surface area contributed by atoms with Crippen LogP contribution in [0.2, 0.25) is 0 Å². The summed E-state index contributed by atoms with van der Waals surface area (Å²) in [6, 6.07) is 7.31. The largest absolute Gasteiger partial charge is 0.481 e. The summed E-state index contributed by atoms with van der Waals surface area (Å²) in [5.41, 5.74) is 7.25. The van der Waals surface area contributed by atoms with Crippen LogP contribution in [0.15, 0.2) is 24.3 Å². The van der Waals surface area contributed by atoms with E-state index in [1.54, 1.807) is 17.0 Å². The summed E-state index contributed by atoms with van der Waals surface area (Å²) in [5, 5.41) is 8.84. The van der Waals surface area contributed by atoms with Gasteiger partial charge in [0, 0.05) is 25.2 Å². The highest BCUT2D eigenvalue weighted by Gasteiger charge is 2.25. The first-order valence-electron chi connectivity index (χ1n) is 6.88. The number of benzene rings is 1. The van der Waals surface area contributed by atoms with Crippen molar-refractivity contribution >= 4 is 17.6 Å². The van der Waals surface area contributed by atoms with Gasteiger partial charge in [-0.05, 0) is 36.5 Å². The molecule has 2 rings (SSSR count). The number of rotatable bonds is 4. The molecule has 0 bridgehead atoms. The third kappa shape index (κ3) is 3.98. The maximum Gasteiger partial charge on any atom is 0.303 e. The van der Waals surface area contributed by atoms with Gasteiger partial charge in [0.25, 0.3) is 0 Å². The van der Waals surface area contributed by atoms with E-state index in [-0.39, 0.29) is 18.2 Å². The molecule has 1 aliphatic heterocycles. The standard InChI is InChI=1S/C15H20N2O3/c16-13-5-1-3-11(7-13)8-14(18)17-6-2-4-12(10-17)9-15(19)20/h1,3,5,7,12H,2,4,6,8-10,16H2,(H,19,20)/t12-/m0/s1. The topological polar surface area (TPSA) is 83.6 Å². The number of amides is 1. The number of carbonyl (C=O) groups excluding carboxylic acids is 1. The highest BCUT2D eigenvalue weighted by Crippen LogP contribution is 2.20.